The minimum atomic E-state index is -4.45. The van der Waals surface area contributed by atoms with E-state index >= 15 is 0 Å². The molecule has 3 atom stereocenters. The van der Waals surface area contributed by atoms with Crippen molar-refractivity contribution in [2.24, 2.45) is 17.8 Å². The maximum Gasteiger partial charge on any atom is 0.393 e. The Hall–Kier alpha value is -3.76. The molecule has 12 nitrogen and oxygen atoms in total. The number of hydrogen-bond donors (Lipinski definition) is 2. The smallest absolute Gasteiger partial charge is 0.381 e. The Kier molecular flexibility index (Phi) is 8.95. The second kappa shape index (κ2) is 12.8. The van der Waals surface area contributed by atoms with Gasteiger partial charge in [-0.3, -0.25) is 9.59 Å². The molecule has 3 aliphatic rings. The number of piperidine rings is 1. The van der Waals surface area contributed by atoms with Crippen molar-refractivity contribution in [1.82, 2.24) is 40.5 Å². The predicted molar refractivity (Wildman–Crippen MR) is 149 cm³/mol. The SMILES string of the molecule is CCc1nonc1C(=O)N[C@H](c1cn2nc(C[C@H]3C[C@@H](C(F)(F)F)CNC3=O)c(C3CCOCC3)nc2n1)C1CCC(F)(F)CC1. The van der Waals surface area contributed by atoms with Gasteiger partial charge in [0, 0.05) is 50.9 Å². The van der Waals surface area contributed by atoms with Gasteiger partial charge >= 0.3 is 6.18 Å². The highest BCUT2D eigenvalue weighted by atomic mass is 19.4. The summed E-state index contributed by atoms with van der Waals surface area (Å²) in [6.07, 6.45) is -2.18. The first-order valence-electron chi connectivity index (χ1n) is 15.6. The number of carbonyl (C=O) groups is 2. The van der Waals surface area contributed by atoms with Crippen molar-refractivity contribution in [3.05, 3.63) is 34.7 Å². The van der Waals surface area contributed by atoms with Crippen LogP contribution in [0.15, 0.2) is 10.8 Å². The van der Waals surface area contributed by atoms with Crippen LogP contribution in [0.5, 0.6) is 0 Å². The monoisotopic (exact) mass is 654 g/mol. The molecule has 250 valence electrons. The quantitative estimate of drug-likeness (QED) is 0.342. The lowest BCUT2D eigenvalue weighted by Crippen LogP contribution is -2.47. The molecule has 3 fully saturated rings. The normalized spacial score (nSPS) is 23.7. The third-order valence-corrected chi connectivity index (χ3v) is 9.35. The number of amides is 2. The van der Waals surface area contributed by atoms with E-state index < -0.39 is 54.3 Å². The fraction of sp³-hybridized carbons (Fsp3) is 0.690. The molecule has 3 aromatic rings. The lowest BCUT2D eigenvalue weighted by molar-refractivity contribution is -0.183. The van der Waals surface area contributed by atoms with Gasteiger partial charge in [0.05, 0.1) is 35.2 Å². The molecule has 6 rings (SSSR count). The highest BCUT2D eigenvalue weighted by molar-refractivity contribution is 5.93. The van der Waals surface area contributed by atoms with Crippen LogP contribution in [-0.4, -0.2) is 73.6 Å². The van der Waals surface area contributed by atoms with E-state index in [2.05, 4.69) is 25.9 Å². The summed E-state index contributed by atoms with van der Waals surface area (Å²) >= 11 is 0. The van der Waals surface area contributed by atoms with Gasteiger partial charge in [-0.2, -0.15) is 18.3 Å². The van der Waals surface area contributed by atoms with Crippen molar-refractivity contribution in [2.45, 2.75) is 88.8 Å². The molecule has 0 bridgehead atoms. The first kappa shape index (κ1) is 32.2. The van der Waals surface area contributed by atoms with Crippen molar-refractivity contribution < 1.29 is 40.9 Å². The highest BCUT2D eigenvalue weighted by Gasteiger charge is 2.45. The topological polar surface area (TPSA) is 149 Å². The van der Waals surface area contributed by atoms with Crippen molar-refractivity contribution in [1.29, 1.82) is 0 Å². The van der Waals surface area contributed by atoms with Crippen LogP contribution in [0.2, 0.25) is 0 Å². The van der Waals surface area contributed by atoms with Crippen molar-refractivity contribution in [2.75, 3.05) is 19.8 Å². The van der Waals surface area contributed by atoms with Crippen molar-refractivity contribution in [3.63, 3.8) is 0 Å². The lowest BCUT2D eigenvalue weighted by Gasteiger charge is -2.33. The Labute approximate surface area is 260 Å². The number of fused-ring (bicyclic) bond motifs is 1. The van der Waals surface area contributed by atoms with E-state index in [0.29, 0.717) is 55.3 Å². The molecule has 5 heterocycles. The molecule has 3 aromatic heterocycles. The summed E-state index contributed by atoms with van der Waals surface area (Å²) in [5, 5.41) is 17.5. The molecular weight excluding hydrogens is 619 g/mol. The number of halogens is 5. The zero-order chi connectivity index (χ0) is 32.6. The van der Waals surface area contributed by atoms with E-state index in [1.807, 2.05) is 0 Å². The standard InChI is InChI=1S/C29H35F5N8O4/c1-2-19-24(41-46-40-19)26(44)37-23(15-3-7-28(30,31)8-4-15)21-14-42-27(36-21)38-22(16-5-9-45-10-6-16)20(39-42)12-17-11-18(29(32,33)34)13-35-25(17)43/h14-18,23H,2-13H2,1H3,(H,35,43)(H,37,44)/t17-,18-,23+/m1/s1. The second-order valence-corrected chi connectivity index (χ2v) is 12.4. The van der Waals surface area contributed by atoms with E-state index in [1.165, 1.54) is 4.52 Å². The van der Waals surface area contributed by atoms with Crippen LogP contribution in [0.3, 0.4) is 0 Å². The molecule has 2 N–H and O–H groups in total. The van der Waals surface area contributed by atoms with Gasteiger partial charge in [-0.1, -0.05) is 12.1 Å². The molecule has 2 amide bonds. The van der Waals surface area contributed by atoms with E-state index in [4.69, 9.17) is 19.4 Å². The average Bonchev–Trinajstić information content (AvgIpc) is 3.67. The van der Waals surface area contributed by atoms with Gasteiger partial charge in [0.2, 0.25) is 11.8 Å². The molecule has 0 unspecified atom stereocenters. The number of nitrogens with one attached hydrogen (secondary N) is 2. The van der Waals surface area contributed by atoms with Gasteiger partial charge in [0.1, 0.15) is 5.69 Å². The van der Waals surface area contributed by atoms with Crippen LogP contribution in [-0.2, 0) is 22.4 Å². The number of aromatic nitrogens is 6. The first-order chi connectivity index (χ1) is 21.9. The van der Waals surface area contributed by atoms with Gasteiger partial charge in [-0.05, 0) is 49.6 Å². The largest absolute Gasteiger partial charge is 0.393 e. The van der Waals surface area contributed by atoms with Gasteiger partial charge in [0.15, 0.2) is 5.69 Å². The predicted octanol–water partition coefficient (Wildman–Crippen LogP) is 4.12. The maximum absolute atomic E-state index is 14.1. The number of imidazole rings is 1. The van der Waals surface area contributed by atoms with Crippen LogP contribution in [0.4, 0.5) is 22.0 Å². The zero-order valence-electron chi connectivity index (χ0n) is 25.2. The molecule has 17 heteroatoms. The summed E-state index contributed by atoms with van der Waals surface area (Å²) in [5.74, 6) is -6.83. The number of hydrogen-bond acceptors (Lipinski definition) is 9. The Balaban J connectivity index is 1.35. The third-order valence-electron chi connectivity index (χ3n) is 9.35. The number of alkyl halides is 5. The summed E-state index contributed by atoms with van der Waals surface area (Å²) in [5.41, 5.74) is 1.58. The molecule has 0 radical (unpaired) electrons. The van der Waals surface area contributed by atoms with Gasteiger partial charge in [-0.15, -0.1) is 0 Å². The minimum Gasteiger partial charge on any atom is -0.381 e. The number of rotatable bonds is 8. The van der Waals surface area contributed by atoms with Crippen LogP contribution in [0.25, 0.3) is 5.78 Å². The number of carbonyl (C=O) groups excluding carboxylic acids is 2. The molecule has 2 saturated heterocycles. The van der Waals surface area contributed by atoms with E-state index in [9.17, 15) is 31.5 Å². The number of nitrogens with zero attached hydrogens (tertiary/aromatic N) is 6. The number of ether oxygens (including phenoxy) is 1. The average molecular weight is 655 g/mol. The molecule has 1 saturated carbocycles. The van der Waals surface area contributed by atoms with Gasteiger partial charge in [0.25, 0.3) is 11.7 Å². The minimum absolute atomic E-state index is 0.0133. The Morgan fingerprint density at radius 2 is 1.87 bits per heavy atom. The molecule has 2 aliphatic heterocycles. The third kappa shape index (κ3) is 6.83. The van der Waals surface area contributed by atoms with Crippen LogP contribution >= 0.6 is 0 Å². The molecular formula is C29H35F5N8O4. The highest BCUT2D eigenvalue weighted by Crippen LogP contribution is 2.42. The first-order valence-corrected chi connectivity index (χ1v) is 15.6. The summed E-state index contributed by atoms with van der Waals surface area (Å²) in [7, 11) is 0. The fourth-order valence-electron chi connectivity index (χ4n) is 6.69. The Morgan fingerprint density at radius 1 is 1.13 bits per heavy atom. The van der Waals surface area contributed by atoms with Crippen molar-refractivity contribution in [3.8, 4) is 0 Å². The van der Waals surface area contributed by atoms with Crippen LogP contribution < -0.4 is 10.6 Å². The summed E-state index contributed by atoms with van der Waals surface area (Å²) < 4.78 is 80.5. The summed E-state index contributed by atoms with van der Waals surface area (Å²) in [4.78, 5) is 35.5. The summed E-state index contributed by atoms with van der Waals surface area (Å²) in [6, 6.07) is -0.805. The lowest BCUT2D eigenvalue weighted by atomic mass is 9.81. The maximum atomic E-state index is 14.1. The van der Waals surface area contributed by atoms with Crippen LogP contribution in [0, 0.1) is 17.8 Å². The zero-order valence-corrected chi connectivity index (χ0v) is 25.2. The van der Waals surface area contributed by atoms with E-state index in [1.54, 1.807) is 13.1 Å². The Morgan fingerprint density at radius 3 is 2.57 bits per heavy atom. The molecule has 46 heavy (non-hydrogen) atoms. The van der Waals surface area contributed by atoms with Crippen LogP contribution in [0.1, 0.15) is 97.1 Å². The van der Waals surface area contributed by atoms with E-state index in [-0.39, 0.29) is 55.9 Å². The van der Waals surface area contributed by atoms with Gasteiger partial charge < -0.3 is 15.4 Å². The van der Waals surface area contributed by atoms with Gasteiger partial charge in [-0.25, -0.2) is 27.9 Å². The summed E-state index contributed by atoms with van der Waals surface area (Å²) in [6.45, 7) is 2.25. The second-order valence-electron chi connectivity index (χ2n) is 12.4. The molecule has 0 aromatic carbocycles. The number of aryl methyl sites for hydroxylation is 1. The molecule has 0 spiro atoms. The van der Waals surface area contributed by atoms with Crippen molar-refractivity contribution >= 4 is 17.6 Å². The fourth-order valence-corrected chi connectivity index (χ4v) is 6.69. The molecule has 1 aliphatic carbocycles. The van der Waals surface area contributed by atoms with E-state index in [0.717, 1.165) is 0 Å². The Bertz CT molecular complexity index is 1560.